The molecule has 3 fully saturated rings. The third-order valence-electron chi connectivity index (χ3n) is 5.83. The Bertz CT molecular complexity index is 756. The van der Waals surface area contributed by atoms with Gasteiger partial charge in [-0.25, -0.2) is 4.79 Å². The van der Waals surface area contributed by atoms with E-state index in [-0.39, 0.29) is 41.8 Å². The second-order valence-corrected chi connectivity index (χ2v) is 7.56. The fraction of sp³-hybridized carbons (Fsp3) is 0.500. The van der Waals surface area contributed by atoms with Crippen molar-refractivity contribution in [3.8, 4) is 0 Å². The van der Waals surface area contributed by atoms with Gasteiger partial charge in [0.1, 0.15) is 6.61 Å². The molecule has 2 aliphatic carbocycles. The molecule has 26 heavy (non-hydrogen) atoms. The number of halogens is 1. The summed E-state index contributed by atoms with van der Waals surface area (Å²) in [5.74, 6) is 0.190. The summed E-state index contributed by atoms with van der Waals surface area (Å²) in [6, 6.07) is 4.88. The van der Waals surface area contributed by atoms with Crippen LogP contribution >= 0.6 is 11.6 Å². The number of nitrogens with two attached hydrogens (primary N) is 1. The number of likely N-dealkylation sites (tertiary alicyclic amines) is 1. The topological polar surface area (TPSA) is 102 Å². The number of nitrogens with one attached hydrogen (secondary N) is 1. The van der Waals surface area contributed by atoms with Gasteiger partial charge in [0.15, 0.2) is 0 Å². The van der Waals surface area contributed by atoms with Gasteiger partial charge in [0.05, 0.1) is 34.8 Å². The van der Waals surface area contributed by atoms with Crippen molar-refractivity contribution in [2.45, 2.75) is 19.3 Å². The first-order valence-electron chi connectivity index (χ1n) is 8.80. The first-order valence-corrected chi connectivity index (χ1v) is 9.18. The van der Waals surface area contributed by atoms with E-state index in [4.69, 9.17) is 22.1 Å². The maximum Gasteiger partial charge on any atom is 0.411 e. The van der Waals surface area contributed by atoms with Crippen molar-refractivity contribution in [1.29, 1.82) is 0 Å². The molecule has 1 heterocycles. The molecule has 3 unspecified atom stereocenters. The van der Waals surface area contributed by atoms with Crippen molar-refractivity contribution in [1.82, 2.24) is 4.90 Å². The molecular weight excluding hydrogens is 358 g/mol. The molecule has 1 aromatic carbocycles. The van der Waals surface area contributed by atoms with Gasteiger partial charge in [-0.1, -0.05) is 17.7 Å². The second kappa shape index (κ2) is 6.46. The lowest BCUT2D eigenvalue weighted by molar-refractivity contribution is -0.141. The van der Waals surface area contributed by atoms with E-state index >= 15 is 0 Å². The zero-order chi connectivity index (χ0) is 18.4. The van der Waals surface area contributed by atoms with E-state index in [0.29, 0.717) is 23.2 Å². The number of amides is 3. The van der Waals surface area contributed by atoms with Crippen molar-refractivity contribution in [3.63, 3.8) is 0 Å². The summed E-state index contributed by atoms with van der Waals surface area (Å²) >= 11 is 6.01. The quantitative estimate of drug-likeness (QED) is 0.620. The van der Waals surface area contributed by atoms with Gasteiger partial charge in [-0.05, 0) is 43.2 Å². The maximum atomic E-state index is 12.6. The molecule has 4 atom stereocenters. The number of anilines is 2. The van der Waals surface area contributed by atoms with Crippen molar-refractivity contribution in [2.24, 2.45) is 23.7 Å². The van der Waals surface area contributed by atoms with E-state index in [2.05, 4.69) is 5.32 Å². The van der Waals surface area contributed by atoms with E-state index in [1.165, 1.54) is 4.90 Å². The molecule has 8 heteroatoms. The monoisotopic (exact) mass is 377 g/mol. The van der Waals surface area contributed by atoms with Crippen LogP contribution < -0.4 is 11.1 Å². The van der Waals surface area contributed by atoms with Crippen LogP contribution in [0.5, 0.6) is 0 Å². The molecular formula is C18H20ClN3O4. The van der Waals surface area contributed by atoms with Crippen LogP contribution in [-0.4, -0.2) is 36.0 Å². The summed E-state index contributed by atoms with van der Waals surface area (Å²) in [6.45, 7) is 0.0280. The summed E-state index contributed by atoms with van der Waals surface area (Å²) in [5.41, 5.74) is 6.37. The Hall–Kier alpha value is -2.28. The molecule has 0 aromatic heterocycles. The van der Waals surface area contributed by atoms with Crippen molar-refractivity contribution >= 4 is 40.9 Å². The highest BCUT2D eigenvalue weighted by molar-refractivity contribution is 6.36. The van der Waals surface area contributed by atoms with Crippen LogP contribution in [0.4, 0.5) is 16.2 Å². The normalized spacial score (nSPS) is 29.2. The largest absolute Gasteiger partial charge is 0.447 e. The van der Waals surface area contributed by atoms with Crippen LogP contribution in [0.25, 0.3) is 0 Å². The predicted molar refractivity (Wildman–Crippen MR) is 95.4 cm³/mol. The smallest absolute Gasteiger partial charge is 0.411 e. The molecule has 3 N–H and O–H groups in total. The molecule has 7 nitrogen and oxygen atoms in total. The average molecular weight is 378 g/mol. The molecule has 0 spiro atoms. The number of hydrogen-bond donors (Lipinski definition) is 2. The van der Waals surface area contributed by atoms with Crippen LogP contribution in [0.1, 0.15) is 19.3 Å². The lowest BCUT2D eigenvalue weighted by Crippen LogP contribution is -2.36. The molecule has 2 bridgehead atoms. The SMILES string of the molecule is Nc1cccc(NC(=O)OCCN2C(=O)C3C4CC[C@@H](C4)C3C2=O)c1Cl. The van der Waals surface area contributed by atoms with Crippen molar-refractivity contribution < 1.29 is 19.1 Å². The summed E-state index contributed by atoms with van der Waals surface area (Å²) in [4.78, 5) is 38.3. The van der Waals surface area contributed by atoms with Gasteiger partial charge >= 0.3 is 6.09 Å². The molecule has 3 amide bonds. The predicted octanol–water partition coefficient (Wildman–Crippen LogP) is 2.50. The van der Waals surface area contributed by atoms with E-state index in [9.17, 15) is 14.4 Å². The van der Waals surface area contributed by atoms with E-state index in [1.54, 1.807) is 18.2 Å². The maximum absolute atomic E-state index is 12.6. The lowest BCUT2D eigenvalue weighted by atomic mass is 9.81. The minimum absolute atomic E-state index is 0.0575. The molecule has 3 aliphatic rings. The Morgan fingerprint density at radius 3 is 2.54 bits per heavy atom. The van der Waals surface area contributed by atoms with Gasteiger partial charge in [-0.2, -0.15) is 0 Å². The Kier molecular flexibility index (Phi) is 4.26. The highest BCUT2D eigenvalue weighted by atomic mass is 35.5. The standard InChI is InChI=1S/C18H20ClN3O4/c19-15-11(20)2-1-3-12(15)21-18(25)26-7-6-22-16(23)13-9-4-5-10(8-9)14(13)17(22)24/h1-3,9-10,13-14H,4-8,20H2,(H,21,25)/t9-,10?,13?,14?/m0/s1. The number of benzene rings is 1. The van der Waals surface area contributed by atoms with Crippen LogP contribution in [0.2, 0.25) is 5.02 Å². The summed E-state index contributed by atoms with van der Waals surface area (Å²) < 4.78 is 5.10. The Morgan fingerprint density at radius 1 is 1.23 bits per heavy atom. The molecule has 1 aliphatic heterocycles. The fourth-order valence-electron chi connectivity index (χ4n) is 4.71. The number of rotatable bonds is 4. The zero-order valence-corrected chi connectivity index (χ0v) is 14.9. The van der Waals surface area contributed by atoms with Crippen molar-refractivity contribution in [2.75, 3.05) is 24.2 Å². The number of nitrogens with zero attached hydrogens (tertiary/aromatic N) is 1. The number of carbonyl (C=O) groups is 3. The number of nitrogen functional groups attached to an aromatic ring is 1. The van der Waals surface area contributed by atoms with Crippen LogP contribution in [0.15, 0.2) is 18.2 Å². The molecule has 1 saturated heterocycles. The van der Waals surface area contributed by atoms with E-state index in [0.717, 1.165) is 19.3 Å². The molecule has 1 aromatic rings. The van der Waals surface area contributed by atoms with E-state index < -0.39 is 6.09 Å². The van der Waals surface area contributed by atoms with Gasteiger partial charge in [0.25, 0.3) is 0 Å². The van der Waals surface area contributed by atoms with Gasteiger partial charge in [-0.15, -0.1) is 0 Å². The van der Waals surface area contributed by atoms with Gasteiger partial charge in [0.2, 0.25) is 11.8 Å². The number of fused-ring (bicyclic) bond motifs is 5. The summed E-state index contributed by atoms with van der Waals surface area (Å²) in [5, 5.41) is 2.74. The Morgan fingerprint density at radius 2 is 1.88 bits per heavy atom. The van der Waals surface area contributed by atoms with Gasteiger partial charge < -0.3 is 10.5 Å². The highest BCUT2D eigenvalue weighted by Gasteiger charge is 2.60. The highest BCUT2D eigenvalue weighted by Crippen LogP contribution is 2.56. The van der Waals surface area contributed by atoms with Crippen LogP contribution in [0.3, 0.4) is 0 Å². The fourth-order valence-corrected chi connectivity index (χ4v) is 4.89. The number of carbonyl (C=O) groups excluding carboxylic acids is 3. The van der Waals surface area contributed by atoms with Crippen LogP contribution in [-0.2, 0) is 14.3 Å². The van der Waals surface area contributed by atoms with Crippen molar-refractivity contribution in [3.05, 3.63) is 23.2 Å². The van der Waals surface area contributed by atoms with Crippen LogP contribution in [0, 0.1) is 23.7 Å². The second-order valence-electron chi connectivity index (χ2n) is 7.18. The molecule has 2 saturated carbocycles. The average Bonchev–Trinajstić information content (AvgIpc) is 3.28. The zero-order valence-electron chi connectivity index (χ0n) is 14.1. The number of imide groups is 1. The third kappa shape index (κ3) is 2.70. The summed E-state index contributed by atoms with van der Waals surface area (Å²) in [7, 11) is 0. The minimum Gasteiger partial charge on any atom is -0.447 e. The van der Waals surface area contributed by atoms with Gasteiger partial charge in [-0.3, -0.25) is 19.8 Å². The Balaban J connectivity index is 1.31. The first-order chi connectivity index (χ1) is 12.5. The summed E-state index contributed by atoms with van der Waals surface area (Å²) in [6.07, 6.45) is 2.37. The third-order valence-corrected chi connectivity index (χ3v) is 6.25. The Labute approximate surface area is 155 Å². The number of hydrogen-bond acceptors (Lipinski definition) is 5. The first kappa shape index (κ1) is 17.1. The minimum atomic E-state index is -0.711. The molecule has 138 valence electrons. The number of ether oxygens (including phenoxy) is 1. The van der Waals surface area contributed by atoms with E-state index in [1.807, 2.05) is 0 Å². The van der Waals surface area contributed by atoms with Gasteiger partial charge in [0, 0.05) is 0 Å². The molecule has 4 rings (SSSR count). The molecule has 0 radical (unpaired) electrons. The lowest BCUT2D eigenvalue weighted by Gasteiger charge is -2.19.